The first kappa shape index (κ1) is 9.21. The van der Waals surface area contributed by atoms with E-state index in [1.165, 1.54) is 4.90 Å². The van der Waals surface area contributed by atoms with Gasteiger partial charge in [-0.15, -0.1) is 0 Å². The van der Waals surface area contributed by atoms with E-state index in [1.54, 1.807) is 19.2 Å². The van der Waals surface area contributed by atoms with Crippen LogP contribution in [0, 0.1) is 0 Å². The summed E-state index contributed by atoms with van der Waals surface area (Å²) in [5.41, 5.74) is 0.211. The molecule has 1 aliphatic heterocycles. The molecule has 3 heteroatoms. The summed E-state index contributed by atoms with van der Waals surface area (Å²) >= 11 is 0. The molecule has 74 valence electrons. The van der Waals surface area contributed by atoms with Gasteiger partial charge in [0, 0.05) is 18.2 Å². The predicted octanol–water partition coefficient (Wildman–Crippen LogP) is 1.33. The summed E-state index contributed by atoms with van der Waals surface area (Å²) in [7, 11) is 1.63. The molecule has 0 radical (unpaired) electrons. The van der Waals surface area contributed by atoms with Gasteiger partial charge in [0.25, 0.3) is 5.91 Å². The summed E-state index contributed by atoms with van der Waals surface area (Å²) in [6, 6.07) is 7.21. The molecular formula is C11H13NO2. The average molecular weight is 191 g/mol. The van der Waals surface area contributed by atoms with Gasteiger partial charge in [-0.3, -0.25) is 4.79 Å². The van der Waals surface area contributed by atoms with Crippen LogP contribution < -0.4 is 0 Å². The highest BCUT2D eigenvalue weighted by molar-refractivity contribution is 5.99. The standard InChI is InChI=1S/C11H13NO2/c1-3-11(14)9-7-5-4-6-8(9)10(13)12(11)2/h4-7,14H,3H2,1-2H3. The number of hydrogen-bond donors (Lipinski definition) is 1. The van der Waals surface area contributed by atoms with E-state index < -0.39 is 5.72 Å². The summed E-state index contributed by atoms with van der Waals surface area (Å²) in [6.45, 7) is 1.87. The third kappa shape index (κ3) is 0.930. The Morgan fingerprint density at radius 1 is 1.43 bits per heavy atom. The number of hydrogen-bond acceptors (Lipinski definition) is 2. The maximum absolute atomic E-state index is 11.7. The number of carbonyl (C=O) groups excluding carboxylic acids is 1. The van der Waals surface area contributed by atoms with Crippen molar-refractivity contribution in [1.82, 2.24) is 4.90 Å². The molecule has 0 fully saturated rings. The van der Waals surface area contributed by atoms with Gasteiger partial charge in [-0.1, -0.05) is 25.1 Å². The van der Waals surface area contributed by atoms with Crippen molar-refractivity contribution in [2.45, 2.75) is 19.1 Å². The lowest BCUT2D eigenvalue weighted by atomic mass is 9.99. The van der Waals surface area contributed by atoms with Crippen molar-refractivity contribution in [2.24, 2.45) is 0 Å². The Labute approximate surface area is 83.0 Å². The maximum atomic E-state index is 11.7. The van der Waals surface area contributed by atoms with Crippen molar-refractivity contribution < 1.29 is 9.90 Å². The molecule has 0 aromatic heterocycles. The smallest absolute Gasteiger partial charge is 0.256 e. The lowest BCUT2D eigenvalue weighted by Crippen LogP contribution is -2.40. The van der Waals surface area contributed by atoms with Crippen molar-refractivity contribution in [2.75, 3.05) is 7.05 Å². The highest BCUT2D eigenvalue weighted by Gasteiger charge is 2.44. The van der Waals surface area contributed by atoms with Gasteiger partial charge in [0.15, 0.2) is 5.72 Å². The zero-order chi connectivity index (χ0) is 10.3. The van der Waals surface area contributed by atoms with Crippen molar-refractivity contribution in [3.8, 4) is 0 Å². The number of rotatable bonds is 1. The third-order valence-corrected chi connectivity index (χ3v) is 2.94. The van der Waals surface area contributed by atoms with Crippen LogP contribution in [0.5, 0.6) is 0 Å². The van der Waals surface area contributed by atoms with Gasteiger partial charge < -0.3 is 10.0 Å². The molecule has 1 N–H and O–H groups in total. The van der Waals surface area contributed by atoms with Crippen molar-refractivity contribution in [3.05, 3.63) is 35.4 Å². The molecule has 2 rings (SSSR count). The molecule has 3 nitrogen and oxygen atoms in total. The van der Waals surface area contributed by atoms with Gasteiger partial charge in [-0.25, -0.2) is 0 Å². The Balaban J connectivity index is 2.65. The summed E-state index contributed by atoms with van der Waals surface area (Å²) < 4.78 is 0. The van der Waals surface area contributed by atoms with Gasteiger partial charge in [-0.05, 0) is 12.5 Å². The summed E-state index contributed by atoms with van der Waals surface area (Å²) in [6.07, 6.45) is 0.506. The van der Waals surface area contributed by atoms with Gasteiger partial charge in [-0.2, -0.15) is 0 Å². The van der Waals surface area contributed by atoms with E-state index >= 15 is 0 Å². The fourth-order valence-corrected chi connectivity index (χ4v) is 1.98. The maximum Gasteiger partial charge on any atom is 0.256 e. The Hall–Kier alpha value is -1.35. The molecule has 1 atom stereocenters. The second-order valence-corrected chi connectivity index (χ2v) is 3.58. The van der Waals surface area contributed by atoms with Crippen LogP contribution in [0.4, 0.5) is 0 Å². The monoisotopic (exact) mass is 191 g/mol. The molecule has 1 amide bonds. The fourth-order valence-electron chi connectivity index (χ4n) is 1.98. The van der Waals surface area contributed by atoms with Crippen molar-refractivity contribution >= 4 is 5.91 Å². The lowest BCUT2D eigenvalue weighted by Gasteiger charge is -2.30. The average Bonchev–Trinajstić information content (AvgIpc) is 2.43. The molecule has 0 saturated heterocycles. The predicted molar refractivity (Wildman–Crippen MR) is 52.7 cm³/mol. The summed E-state index contributed by atoms with van der Waals surface area (Å²) in [4.78, 5) is 13.1. The number of nitrogens with zero attached hydrogens (tertiary/aromatic N) is 1. The third-order valence-electron chi connectivity index (χ3n) is 2.94. The molecule has 0 saturated carbocycles. The van der Waals surface area contributed by atoms with Crippen LogP contribution in [-0.4, -0.2) is 23.0 Å². The van der Waals surface area contributed by atoms with Gasteiger partial charge in [0.2, 0.25) is 0 Å². The molecule has 0 spiro atoms. The van der Waals surface area contributed by atoms with Crippen molar-refractivity contribution in [3.63, 3.8) is 0 Å². The number of benzene rings is 1. The van der Waals surface area contributed by atoms with Crippen LogP contribution in [0.2, 0.25) is 0 Å². The summed E-state index contributed by atoms with van der Waals surface area (Å²) in [5.74, 6) is -0.107. The first-order valence-electron chi connectivity index (χ1n) is 4.71. The molecule has 14 heavy (non-hydrogen) atoms. The first-order valence-corrected chi connectivity index (χ1v) is 4.71. The molecule has 0 aliphatic carbocycles. The molecular weight excluding hydrogens is 178 g/mol. The van der Waals surface area contributed by atoms with Crippen LogP contribution in [0.25, 0.3) is 0 Å². The SMILES string of the molecule is CCC1(O)c2ccccc2C(=O)N1C. The second-order valence-electron chi connectivity index (χ2n) is 3.58. The molecule has 1 aromatic carbocycles. The van der Waals surface area contributed by atoms with Gasteiger partial charge in [0.05, 0.1) is 0 Å². The highest BCUT2D eigenvalue weighted by atomic mass is 16.3. The first-order chi connectivity index (χ1) is 6.61. The minimum Gasteiger partial charge on any atom is -0.367 e. The molecule has 1 unspecified atom stereocenters. The Morgan fingerprint density at radius 3 is 2.71 bits per heavy atom. The Bertz CT molecular complexity index is 389. The van der Waals surface area contributed by atoms with Crippen LogP contribution >= 0.6 is 0 Å². The molecule has 1 aromatic rings. The zero-order valence-corrected chi connectivity index (χ0v) is 8.32. The number of amides is 1. The second kappa shape index (κ2) is 2.82. The fraction of sp³-hybridized carbons (Fsp3) is 0.364. The van der Waals surface area contributed by atoms with E-state index in [9.17, 15) is 9.90 Å². The normalized spacial score (nSPS) is 25.4. The highest BCUT2D eigenvalue weighted by Crippen LogP contribution is 2.37. The number of fused-ring (bicyclic) bond motifs is 1. The van der Waals surface area contributed by atoms with E-state index in [-0.39, 0.29) is 5.91 Å². The van der Waals surface area contributed by atoms with E-state index in [1.807, 2.05) is 19.1 Å². The van der Waals surface area contributed by atoms with E-state index in [4.69, 9.17) is 0 Å². The number of carbonyl (C=O) groups is 1. The van der Waals surface area contributed by atoms with E-state index in [0.29, 0.717) is 12.0 Å². The zero-order valence-electron chi connectivity index (χ0n) is 8.32. The largest absolute Gasteiger partial charge is 0.367 e. The number of aliphatic hydroxyl groups is 1. The Kier molecular flexibility index (Phi) is 1.86. The van der Waals surface area contributed by atoms with E-state index in [0.717, 1.165) is 5.56 Å². The van der Waals surface area contributed by atoms with Gasteiger partial charge in [0.1, 0.15) is 0 Å². The van der Waals surface area contributed by atoms with E-state index in [2.05, 4.69) is 0 Å². The molecule has 0 bridgehead atoms. The van der Waals surface area contributed by atoms with Crippen LogP contribution in [0.15, 0.2) is 24.3 Å². The van der Waals surface area contributed by atoms with Crippen LogP contribution in [-0.2, 0) is 5.72 Å². The topological polar surface area (TPSA) is 40.5 Å². The van der Waals surface area contributed by atoms with Crippen molar-refractivity contribution in [1.29, 1.82) is 0 Å². The molecule has 1 aliphatic rings. The Morgan fingerprint density at radius 2 is 2.07 bits per heavy atom. The lowest BCUT2D eigenvalue weighted by molar-refractivity contribution is -0.0748. The van der Waals surface area contributed by atoms with Crippen LogP contribution in [0.3, 0.4) is 0 Å². The quantitative estimate of drug-likeness (QED) is 0.727. The van der Waals surface area contributed by atoms with Gasteiger partial charge >= 0.3 is 0 Å². The minimum atomic E-state index is -1.12. The minimum absolute atomic E-state index is 0.107. The van der Waals surface area contributed by atoms with Crippen LogP contribution in [0.1, 0.15) is 29.3 Å². The molecule has 1 heterocycles. The summed E-state index contributed by atoms with van der Waals surface area (Å²) in [5, 5.41) is 10.3.